The van der Waals surface area contributed by atoms with E-state index < -0.39 is 24.1 Å². The molecule has 122 valence electrons. The van der Waals surface area contributed by atoms with Crippen molar-refractivity contribution in [1.82, 2.24) is 4.90 Å². The Bertz CT molecular complexity index is 471. The lowest BCUT2D eigenvalue weighted by atomic mass is 9.84. The number of likely N-dealkylation sites (tertiary alicyclic amines) is 1. The molecule has 0 aromatic rings. The average Bonchev–Trinajstić information content (AvgIpc) is 2.92. The Morgan fingerprint density at radius 1 is 1.36 bits per heavy atom. The molecule has 2 fully saturated rings. The predicted octanol–water partition coefficient (Wildman–Crippen LogP) is 1.65. The second-order valence-electron chi connectivity index (χ2n) is 6.29. The Morgan fingerprint density at radius 2 is 2.05 bits per heavy atom. The Labute approximate surface area is 129 Å². The third-order valence-corrected chi connectivity index (χ3v) is 4.69. The van der Waals surface area contributed by atoms with Crippen LogP contribution in [0.25, 0.3) is 10.4 Å². The Morgan fingerprint density at radius 3 is 2.64 bits per heavy atom. The van der Waals surface area contributed by atoms with Crippen molar-refractivity contribution in [3.63, 3.8) is 0 Å². The topological polar surface area (TPSA) is 132 Å². The van der Waals surface area contributed by atoms with Gasteiger partial charge in [-0.3, -0.25) is 4.79 Å². The van der Waals surface area contributed by atoms with Crippen molar-refractivity contribution >= 4 is 11.9 Å². The van der Waals surface area contributed by atoms with Gasteiger partial charge in [-0.25, -0.2) is 4.79 Å². The zero-order chi connectivity index (χ0) is 16.1. The van der Waals surface area contributed by atoms with Crippen LogP contribution in [0.15, 0.2) is 5.11 Å². The van der Waals surface area contributed by atoms with Crippen molar-refractivity contribution in [3.8, 4) is 0 Å². The second kappa shape index (κ2) is 7.47. The van der Waals surface area contributed by atoms with Crippen molar-refractivity contribution in [2.45, 2.75) is 63.1 Å². The molecule has 1 saturated carbocycles. The number of nitrogens with two attached hydrogens (primary N) is 1. The standard InChI is InChI=1S/C14H23N5O3/c15-11(6-9-4-2-1-3-5-9)13(20)19-8-10(17-18-16)7-12(19)14(21)22/h9-12H,1-8,15H2,(H,21,22)/t10-,11-,12+/m1/s1. The molecule has 2 aliphatic rings. The monoisotopic (exact) mass is 309 g/mol. The summed E-state index contributed by atoms with van der Waals surface area (Å²) in [5.74, 6) is -0.964. The molecule has 0 aromatic heterocycles. The Hall–Kier alpha value is -1.79. The van der Waals surface area contributed by atoms with Crippen LogP contribution in [0.3, 0.4) is 0 Å². The first-order valence-electron chi connectivity index (χ1n) is 7.86. The zero-order valence-corrected chi connectivity index (χ0v) is 12.6. The second-order valence-corrected chi connectivity index (χ2v) is 6.29. The van der Waals surface area contributed by atoms with Gasteiger partial charge in [0, 0.05) is 11.5 Å². The normalized spacial score (nSPS) is 27.2. The quantitative estimate of drug-likeness (QED) is 0.453. The molecule has 0 radical (unpaired) electrons. The van der Waals surface area contributed by atoms with Gasteiger partial charge < -0.3 is 15.7 Å². The van der Waals surface area contributed by atoms with E-state index in [4.69, 9.17) is 11.3 Å². The molecule has 0 aromatic carbocycles. The summed E-state index contributed by atoms with van der Waals surface area (Å²) in [5, 5.41) is 12.8. The summed E-state index contributed by atoms with van der Waals surface area (Å²) in [6.45, 7) is 0.137. The minimum absolute atomic E-state index is 0.137. The van der Waals surface area contributed by atoms with E-state index in [1.807, 2.05) is 0 Å². The Kier molecular flexibility index (Phi) is 5.63. The summed E-state index contributed by atoms with van der Waals surface area (Å²) in [7, 11) is 0. The van der Waals surface area contributed by atoms with Crippen LogP contribution in [-0.2, 0) is 9.59 Å². The minimum Gasteiger partial charge on any atom is -0.480 e. The number of carbonyl (C=O) groups excluding carboxylic acids is 1. The lowest BCUT2D eigenvalue weighted by Gasteiger charge is -2.28. The van der Waals surface area contributed by atoms with Gasteiger partial charge in [0.1, 0.15) is 6.04 Å². The predicted molar refractivity (Wildman–Crippen MR) is 79.9 cm³/mol. The van der Waals surface area contributed by atoms with E-state index in [9.17, 15) is 14.7 Å². The largest absolute Gasteiger partial charge is 0.480 e. The fraction of sp³-hybridized carbons (Fsp3) is 0.857. The van der Waals surface area contributed by atoms with Gasteiger partial charge in [0.05, 0.1) is 12.1 Å². The van der Waals surface area contributed by atoms with Crippen molar-refractivity contribution in [2.75, 3.05) is 6.54 Å². The van der Waals surface area contributed by atoms with Crippen molar-refractivity contribution in [2.24, 2.45) is 16.8 Å². The summed E-state index contributed by atoms with van der Waals surface area (Å²) in [6.07, 6.45) is 6.52. The van der Waals surface area contributed by atoms with E-state index in [0.29, 0.717) is 12.3 Å². The number of azide groups is 1. The van der Waals surface area contributed by atoms with Crippen molar-refractivity contribution < 1.29 is 14.7 Å². The van der Waals surface area contributed by atoms with Crippen LogP contribution in [0.2, 0.25) is 0 Å². The molecule has 3 N–H and O–H groups in total. The third-order valence-electron chi connectivity index (χ3n) is 4.69. The number of hydrogen-bond acceptors (Lipinski definition) is 4. The minimum atomic E-state index is -1.08. The van der Waals surface area contributed by atoms with Gasteiger partial charge in [-0.05, 0) is 24.3 Å². The molecule has 8 nitrogen and oxygen atoms in total. The lowest BCUT2D eigenvalue weighted by molar-refractivity contribution is -0.148. The van der Waals surface area contributed by atoms with E-state index in [1.165, 1.54) is 24.2 Å². The molecule has 0 bridgehead atoms. The Balaban J connectivity index is 1.99. The smallest absolute Gasteiger partial charge is 0.326 e. The zero-order valence-electron chi connectivity index (χ0n) is 12.6. The maximum atomic E-state index is 12.5. The molecule has 1 aliphatic heterocycles. The number of carboxylic acids is 1. The molecule has 1 saturated heterocycles. The first-order valence-corrected chi connectivity index (χ1v) is 7.86. The number of carbonyl (C=O) groups is 2. The van der Waals surface area contributed by atoms with Crippen molar-refractivity contribution in [1.29, 1.82) is 0 Å². The molecule has 1 heterocycles. The molecule has 0 spiro atoms. The van der Waals surface area contributed by atoms with Gasteiger partial charge in [0.15, 0.2) is 0 Å². The number of nitrogens with zero attached hydrogens (tertiary/aromatic N) is 4. The average molecular weight is 309 g/mol. The molecule has 22 heavy (non-hydrogen) atoms. The van der Waals surface area contributed by atoms with Gasteiger partial charge in [-0.1, -0.05) is 37.2 Å². The molecule has 8 heteroatoms. The van der Waals surface area contributed by atoms with Crippen LogP contribution in [-0.4, -0.2) is 46.6 Å². The van der Waals surface area contributed by atoms with E-state index in [2.05, 4.69) is 10.0 Å². The summed E-state index contributed by atoms with van der Waals surface area (Å²) < 4.78 is 0. The van der Waals surface area contributed by atoms with Gasteiger partial charge in [0.25, 0.3) is 0 Å². The maximum Gasteiger partial charge on any atom is 0.326 e. The highest BCUT2D eigenvalue weighted by Crippen LogP contribution is 2.28. The lowest BCUT2D eigenvalue weighted by Crippen LogP contribution is -2.49. The maximum absolute atomic E-state index is 12.5. The van der Waals surface area contributed by atoms with E-state index >= 15 is 0 Å². The van der Waals surface area contributed by atoms with Crippen LogP contribution in [0.5, 0.6) is 0 Å². The number of aliphatic carboxylic acids is 1. The number of rotatable bonds is 5. The van der Waals surface area contributed by atoms with E-state index in [-0.39, 0.29) is 18.9 Å². The fourth-order valence-electron chi connectivity index (χ4n) is 3.54. The van der Waals surface area contributed by atoms with Crippen LogP contribution in [0, 0.1) is 5.92 Å². The highest BCUT2D eigenvalue weighted by atomic mass is 16.4. The SMILES string of the molecule is [N-]=[N+]=N[C@@H]1C[C@@H](C(=O)O)N(C(=O)[C@H](N)CC2CCCCC2)C1. The molecule has 2 rings (SSSR count). The summed E-state index contributed by atoms with van der Waals surface area (Å²) in [5.41, 5.74) is 14.5. The highest BCUT2D eigenvalue weighted by Gasteiger charge is 2.41. The fourth-order valence-corrected chi connectivity index (χ4v) is 3.54. The first-order chi connectivity index (χ1) is 10.5. The first kappa shape index (κ1) is 16.6. The number of amides is 1. The van der Waals surface area contributed by atoms with Crippen LogP contribution in [0.1, 0.15) is 44.9 Å². The highest BCUT2D eigenvalue weighted by molar-refractivity contribution is 5.87. The van der Waals surface area contributed by atoms with Crippen LogP contribution in [0.4, 0.5) is 0 Å². The molecule has 1 amide bonds. The summed E-state index contributed by atoms with van der Waals surface area (Å²) >= 11 is 0. The van der Waals surface area contributed by atoms with Gasteiger partial charge >= 0.3 is 5.97 Å². The number of carboxylic acid groups (broad SMARTS) is 1. The molecular formula is C14H23N5O3. The molecule has 1 aliphatic carbocycles. The number of hydrogen-bond donors (Lipinski definition) is 2. The molecule has 0 unspecified atom stereocenters. The van der Waals surface area contributed by atoms with Gasteiger partial charge in [0.2, 0.25) is 5.91 Å². The summed E-state index contributed by atoms with van der Waals surface area (Å²) in [6, 6.07) is -2.10. The van der Waals surface area contributed by atoms with Crippen LogP contribution >= 0.6 is 0 Å². The van der Waals surface area contributed by atoms with Crippen LogP contribution < -0.4 is 5.73 Å². The summed E-state index contributed by atoms with van der Waals surface area (Å²) in [4.78, 5) is 27.8. The third kappa shape index (κ3) is 3.90. The molecular weight excluding hydrogens is 286 g/mol. The van der Waals surface area contributed by atoms with E-state index in [0.717, 1.165) is 12.8 Å². The van der Waals surface area contributed by atoms with Crippen molar-refractivity contribution in [3.05, 3.63) is 10.4 Å². The van der Waals surface area contributed by atoms with Gasteiger partial charge in [-0.2, -0.15) is 0 Å². The molecule has 3 atom stereocenters. The van der Waals surface area contributed by atoms with Gasteiger partial charge in [-0.15, -0.1) is 0 Å². The van der Waals surface area contributed by atoms with E-state index in [1.54, 1.807) is 0 Å².